The summed E-state index contributed by atoms with van der Waals surface area (Å²) in [7, 11) is 0. The number of alkyl halides is 3. The van der Waals surface area contributed by atoms with Gasteiger partial charge in [-0.3, -0.25) is 14.9 Å². The monoisotopic (exact) mass is 494 g/mol. The van der Waals surface area contributed by atoms with Gasteiger partial charge in [0, 0.05) is 15.7 Å². The molecule has 2 heterocycles. The van der Waals surface area contributed by atoms with Gasteiger partial charge in [-0.05, 0) is 46.4 Å². The Kier molecular flexibility index (Phi) is 5.31. The maximum Gasteiger partial charge on any atom is 0.397 e. The van der Waals surface area contributed by atoms with Crippen molar-refractivity contribution < 1.29 is 27.2 Å². The second kappa shape index (κ2) is 7.37. The molecule has 0 saturated heterocycles. The number of hydrogen-bond acceptors (Lipinski definition) is 4. The van der Waals surface area contributed by atoms with E-state index in [9.17, 15) is 27.2 Å². The van der Waals surface area contributed by atoms with Crippen LogP contribution in [-0.4, -0.2) is 45.9 Å². The molecular formula is C16H11F4IN4O2. The fraction of sp³-hybridized carbons (Fsp3) is 0.250. The lowest BCUT2D eigenvalue weighted by Gasteiger charge is -2.35. The van der Waals surface area contributed by atoms with Crippen molar-refractivity contribution in [2.45, 2.75) is 12.1 Å². The van der Waals surface area contributed by atoms with Gasteiger partial charge >= 0.3 is 6.18 Å². The van der Waals surface area contributed by atoms with E-state index >= 15 is 0 Å². The number of hydrogen-bond donors (Lipinski definition) is 1. The summed E-state index contributed by atoms with van der Waals surface area (Å²) in [5, 5.41) is 2.22. The lowest BCUT2D eigenvalue weighted by atomic mass is 9.88. The molecule has 1 aliphatic rings. The van der Waals surface area contributed by atoms with Crippen LogP contribution in [0.3, 0.4) is 0 Å². The third-order valence-corrected chi connectivity index (χ3v) is 4.58. The van der Waals surface area contributed by atoms with E-state index in [0.29, 0.717) is 3.57 Å². The number of aromatic nitrogens is 2. The first-order valence-corrected chi connectivity index (χ1v) is 8.66. The maximum absolute atomic E-state index is 13.5. The minimum atomic E-state index is -4.57. The summed E-state index contributed by atoms with van der Waals surface area (Å²) in [4.78, 5) is 32.5. The van der Waals surface area contributed by atoms with Gasteiger partial charge in [-0.2, -0.15) is 13.2 Å². The predicted molar refractivity (Wildman–Crippen MR) is 94.5 cm³/mol. The van der Waals surface area contributed by atoms with Gasteiger partial charge in [0.25, 0.3) is 5.91 Å². The summed E-state index contributed by atoms with van der Waals surface area (Å²) in [6.45, 7) is -1.29. The van der Waals surface area contributed by atoms with Crippen molar-refractivity contribution in [3.63, 3.8) is 0 Å². The van der Waals surface area contributed by atoms with E-state index in [1.54, 1.807) is 0 Å². The average Bonchev–Trinajstić information content (AvgIpc) is 2.58. The first-order valence-electron chi connectivity index (χ1n) is 7.58. The van der Waals surface area contributed by atoms with Crippen LogP contribution in [-0.2, 0) is 4.79 Å². The van der Waals surface area contributed by atoms with Crippen LogP contribution in [0.25, 0.3) is 0 Å². The molecular weight excluding hydrogens is 483 g/mol. The molecule has 0 aliphatic carbocycles. The van der Waals surface area contributed by atoms with Crippen LogP contribution in [0, 0.1) is 9.39 Å². The van der Waals surface area contributed by atoms with E-state index in [1.165, 1.54) is 18.2 Å². The molecule has 1 atom stereocenters. The molecule has 1 aromatic heterocycles. The highest BCUT2D eigenvalue weighted by molar-refractivity contribution is 14.1. The molecule has 0 fully saturated rings. The molecule has 2 aromatic rings. The van der Waals surface area contributed by atoms with Crippen LogP contribution in [0.5, 0.6) is 0 Å². The maximum atomic E-state index is 13.5. The van der Waals surface area contributed by atoms with Gasteiger partial charge in [-0.1, -0.05) is 0 Å². The van der Waals surface area contributed by atoms with Gasteiger partial charge < -0.3 is 4.90 Å². The fourth-order valence-corrected chi connectivity index (χ4v) is 3.23. The molecule has 3 rings (SSSR count). The number of fused-ring (bicyclic) bond motifs is 1. The highest BCUT2D eigenvalue weighted by atomic mass is 127. The molecule has 1 aliphatic heterocycles. The van der Waals surface area contributed by atoms with E-state index < -0.39 is 42.8 Å². The van der Waals surface area contributed by atoms with Crippen molar-refractivity contribution in [1.82, 2.24) is 14.9 Å². The van der Waals surface area contributed by atoms with E-state index in [-0.39, 0.29) is 17.1 Å². The Bertz CT molecular complexity index is 889. The van der Waals surface area contributed by atoms with Crippen molar-refractivity contribution in [2.24, 2.45) is 0 Å². The van der Waals surface area contributed by atoms with E-state index in [2.05, 4.69) is 15.3 Å². The zero-order chi connectivity index (χ0) is 19.8. The molecule has 6 nitrogen and oxygen atoms in total. The Labute approximate surface area is 164 Å². The van der Waals surface area contributed by atoms with Gasteiger partial charge in [-0.25, -0.2) is 14.4 Å². The molecule has 0 spiro atoms. The van der Waals surface area contributed by atoms with Gasteiger partial charge in [0.05, 0.1) is 18.3 Å². The Morgan fingerprint density at radius 3 is 2.59 bits per heavy atom. The van der Waals surface area contributed by atoms with Gasteiger partial charge in [0.2, 0.25) is 11.9 Å². The van der Waals surface area contributed by atoms with Crippen molar-refractivity contribution in [2.75, 3.05) is 18.4 Å². The molecule has 142 valence electrons. The number of halogens is 5. The standard InChI is InChI=1S/C16H11F4IN4O2/c17-8-4-22-15(23-5-8)24-13(26)7-25-6-12(16(18,19)20)11-3-9(21)1-2-10(11)14(25)27/h1-5,12H,6-7H2,(H,22,23,24,26)/t12-/m1/s1. The zero-order valence-electron chi connectivity index (χ0n) is 13.4. The highest BCUT2D eigenvalue weighted by Crippen LogP contribution is 2.40. The summed E-state index contributed by atoms with van der Waals surface area (Å²) in [5.74, 6) is -4.27. The topological polar surface area (TPSA) is 75.2 Å². The summed E-state index contributed by atoms with van der Waals surface area (Å²) < 4.78 is 53.8. The lowest BCUT2D eigenvalue weighted by molar-refractivity contribution is -0.155. The number of nitrogens with zero attached hydrogens (tertiary/aromatic N) is 3. The van der Waals surface area contributed by atoms with Crippen LogP contribution < -0.4 is 5.32 Å². The zero-order valence-corrected chi connectivity index (χ0v) is 15.6. The molecule has 27 heavy (non-hydrogen) atoms. The van der Waals surface area contributed by atoms with E-state index in [1.807, 2.05) is 22.6 Å². The molecule has 0 radical (unpaired) electrons. The Morgan fingerprint density at radius 1 is 1.30 bits per heavy atom. The van der Waals surface area contributed by atoms with Crippen molar-refractivity contribution in [1.29, 1.82) is 0 Å². The fourth-order valence-electron chi connectivity index (χ4n) is 2.72. The summed E-state index contributed by atoms with van der Waals surface area (Å²) in [6.07, 6.45) is -2.92. The van der Waals surface area contributed by atoms with E-state index in [0.717, 1.165) is 17.3 Å². The highest BCUT2D eigenvalue weighted by Gasteiger charge is 2.47. The molecule has 1 aromatic carbocycles. The van der Waals surface area contributed by atoms with E-state index in [4.69, 9.17) is 0 Å². The van der Waals surface area contributed by atoms with Crippen LogP contribution >= 0.6 is 22.6 Å². The number of anilines is 1. The quantitative estimate of drug-likeness (QED) is 0.526. The first-order chi connectivity index (χ1) is 12.6. The Morgan fingerprint density at radius 2 is 1.96 bits per heavy atom. The normalized spacial score (nSPS) is 16.9. The molecule has 0 unspecified atom stereocenters. The Balaban J connectivity index is 1.81. The third-order valence-electron chi connectivity index (χ3n) is 3.91. The molecule has 1 N–H and O–H groups in total. The van der Waals surface area contributed by atoms with Crippen LogP contribution in [0.15, 0.2) is 30.6 Å². The van der Waals surface area contributed by atoms with Crippen LogP contribution in [0.2, 0.25) is 0 Å². The average molecular weight is 494 g/mol. The number of benzene rings is 1. The Hall–Kier alpha value is -2.31. The SMILES string of the molecule is O=C(CN1C[C@@H](C(F)(F)F)c2cc(I)ccc2C1=O)Nc1ncc(F)cn1. The van der Waals surface area contributed by atoms with Gasteiger partial charge in [0.1, 0.15) is 6.54 Å². The summed E-state index contributed by atoms with van der Waals surface area (Å²) in [6, 6.07) is 4.18. The van der Waals surface area contributed by atoms with Gasteiger partial charge in [-0.15, -0.1) is 0 Å². The second-order valence-corrected chi connectivity index (χ2v) is 7.03. The molecule has 0 bridgehead atoms. The molecule has 11 heteroatoms. The largest absolute Gasteiger partial charge is 0.397 e. The van der Waals surface area contributed by atoms with Gasteiger partial charge in [0.15, 0.2) is 5.82 Å². The van der Waals surface area contributed by atoms with Crippen molar-refractivity contribution in [3.8, 4) is 0 Å². The predicted octanol–water partition coefficient (Wildman–Crippen LogP) is 2.96. The minimum Gasteiger partial charge on any atom is -0.328 e. The number of carbonyl (C=O) groups excluding carboxylic acids is 2. The number of amides is 2. The van der Waals surface area contributed by atoms with Crippen molar-refractivity contribution in [3.05, 3.63) is 51.1 Å². The molecule has 2 amide bonds. The first kappa shape index (κ1) is 19.5. The minimum absolute atomic E-state index is 0.0881. The number of nitrogens with one attached hydrogen (secondary N) is 1. The number of rotatable bonds is 3. The smallest absolute Gasteiger partial charge is 0.328 e. The second-order valence-electron chi connectivity index (χ2n) is 5.78. The van der Waals surface area contributed by atoms with Crippen LogP contribution in [0.4, 0.5) is 23.5 Å². The number of carbonyl (C=O) groups is 2. The summed E-state index contributed by atoms with van der Waals surface area (Å²) >= 11 is 1.87. The molecule has 0 saturated carbocycles. The van der Waals surface area contributed by atoms with Crippen LogP contribution in [0.1, 0.15) is 21.8 Å². The third kappa shape index (κ3) is 4.34. The lowest BCUT2D eigenvalue weighted by Crippen LogP contribution is -2.47. The van der Waals surface area contributed by atoms with Crippen molar-refractivity contribution >= 4 is 40.4 Å². The summed E-state index contributed by atoms with van der Waals surface area (Å²) in [5.41, 5.74) is -0.187.